The summed E-state index contributed by atoms with van der Waals surface area (Å²) in [4.78, 5) is 0. The van der Waals surface area contributed by atoms with E-state index in [9.17, 15) is 0 Å². The summed E-state index contributed by atoms with van der Waals surface area (Å²) in [5.41, 5.74) is 11.3. The van der Waals surface area contributed by atoms with E-state index < -0.39 is 10.8 Å². The molecule has 6 nitrogen and oxygen atoms in total. The maximum absolute atomic E-state index is 7.01. The van der Waals surface area contributed by atoms with Gasteiger partial charge in [0.15, 0.2) is 23.0 Å². The fraction of sp³-hybridized carbons (Fsp3) is 0.250. The molecule has 0 amide bonds. The van der Waals surface area contributed by atoms with Crippen LogP contribution in [0.25, 0.3) is 0 Å². The van der Waals surface area contributed by atoms with Crippen molar-refractivity contribution in [1.29, 1.82) is 0 Å². The Kier molecular flexibility index (Phi) is 8.68. The summed E-state index contributed by atoms with van der Waals surface area (Å²) in [7, 11) is 6.70. The molecule has 0 N–H and O–H groups in total. The van der Waals surface area contributed by atoms with Gasteiger partial charge in [0.25, 0.3) is 0 Å². The fourth-order valence-corrected chi connectivity index (χ4v) is 10.2. The van der Waals surface area contributed by atoms with Crippen LogP contribution in [-0.4, -0.2) is 41.7 Å². The molecule has 12 rings (SSSR count). The van der Waals surface area contributed by atoms with Gasteiger partial charge < -0.3 is 28.4 Å². The molecule has 272 valence electrons. The quantitative estimate of drug-likeness (QED) is 0.126. The van der Waals surface area contributed by atoms with E-state index in [2.05, 4.69) is 109 Å². The first kappa shape index (κ1) is 34.2. The standard InChI is InChI=1S/C48H44O6/c1-49-41-25-13-15-31(45(41)51-3)27-53-29-47-37-21-9-5-17-33(37)44(34-18-6-10-22-38(34)47)48(30-54-28-32-16-14-26-42(50-2)46(32)52-4)39-23-11-7-19-35(39)43(47)36-20-8-12-24-40(36)48/h5-26,43-44H,27-30H2,1-4H3. The molecule has 0 saturated carbocycles. The van der Waals surface area contributed by atoms with Crippen LogP contribution in [0.2, 0.25) is 0 Å². The molecule has 0 unspecified atom stereocenters. The highest BCUT2D eigenvalue weighted by Crippen LogP contribution is 2.68. The zero-order chi connectivity index (χ0) is 36.9. The van der Waals surface area contributed by atoms with E-state index in [-0.39, 0.29) is 11.8 Å². The van der Waals surface area contributed by atoms with Gasteiger partial charge in [0.2, 0.25) is 0 Å². The van der Waals surface area contributed by atoms with E-state index in [1.165, 1.54) is 44.5 Å². The predicted octanol–water partition coefficient (Wildman–Crippen LogP) is 9.33. The molecule has 0 aromatic heterocycles. The molecule has 6 aliphatic rings. The predicted molar refractivity (Wildman–Crippen MR) is 209 cm³/mol. The first-order chi connectivity index (χ1) is 26.6. The molecular formula is C48H44O6. The lowest BCUT2D eigenvalue weighted by molar-refractivity contribution is 0.0562. The number of para-hydroxylation sites is 2. The van der Waals surface area contributed by atoms with Gasteiger partial charge in [-0.2, -0.15) is 0 Å². The van der Waals surface area contributed by atoms with E-state index >= 15 is 0 Å². The van der Waals surface area contributed by atoms with Crippen LogP contribution in [0.3, 0.4) is 0 Å². The third kappa shape index (κ3) is 4.86. The van der Waals surface area contributed by atoms with Crippen molar-refractivity contribution in [2.45, 2.75) is 35.9 Å². The van der Waals surface area contributed by atoms with Crippen LogP contribution < -0.4 is 18.9 Å². The molecule has 0 radical (unpaired) electrons. The minimum atomic E-state index is -0.538. The van der Waals surface area contributed by atoms with Gasteiger partial charge in [0.1, 0.15) is 0 Å². The highest BCUT2D eigenvalue weighted by atomic mass is 16.5. The second-order valence-electron chi connectivity index (χ2n) is 14.4. The molecule has 4 bridgehead atoms. The summed E-state index contributed by atoms with van der Waals surface area (Å²) in [6.07, 6.45) is 0. The van der Waals surface area contributed by atoms with E-state index in [1.807, 2.05) is 24.3 Å². The molecule has 6 aromatic carbocycles. The summed E-state index contributed by atoms with van der Waals surface area (Å²) in [5.74, 6) is 2.71. The Hall–Kier alpha value is -5.56. The van der Waals surface area contributed by atoms with E-state index in [1.54, 1.807) is 28.4 Å². The normalized spacial score (nSPS) is 21.2. The summed E-state index contributed by atoms with van der Waals surface area (Å²) in [6, 6.07) is 48.2. The summed E-state index contributed by atoms with van der Waals surface area (Å²) >= 11 is 0. The molecule has 54 heavy (non-hydrogen) atoms. The van der Waals surface area contributed by atoms with Crippen LogP contribution in [0.15, 0.2) is 133 Å². The van der Waals surface area contributed by atoms with Gasteiger partial charge in [0, 0.05) is 23.0 Å². The maximum atomic E-state index is 7.01. The lowest BCUT2D eigenvalue weighted by Crippen LogP contribution is -2.56. The Morgan fingerprint density at radius 3 is 1.04 bits per heavy atom. The topological polar surface area (TPSA) is 55.4 Å². The molecule has 0 heterocycles. The third-order valence-electron chi connectivity index (χ3n) is 12.1. The summed E-state index contributed by atoms with van der Waals surface area (Å²) < 4.78 is 37.0. The average molecular weight is 717 g/mol. The summed E-state index contributed by atoms with van der Waals surface area (Å²) in [6.45, 7) is 1.66. The van der Waals surface area contributed by atoms with Crippen LogP contribution in [0, 0.1) is 0 Å². The monoisotopic (exact) mass is 716 g/mol. The molecule has 0 atom stereocenters. The highest BCUT2D eigenvalue weighted by molar-refractivity contribution is 5.73. The average Bonchev–Trinajstić information content (AvgIpc) is 3.22. The van der Waals surface area contributed by atoms with Crippen LogP contribution in [0.5, 0.6) is 23.0 Å². The van der Waals surface area contributed by atoms with E-state index in [0.717, 1.165) is 11.1 Å². The SMILES string of the molecule is COc1cccc(COCC23c4ccccc4C(c4ccccc42)C2(COCc4cccc(OC)c4OC)c4ccccc4C3c3ccccc32)c1OC. The lowest BCUT2D eigenvalue weighted by atomic mass is 9.43. The number of rotatable bonds is 12. The summed E-state index contributed by atoms with van der Waals surface area (Å²) in [5, 5.41) is 0. The lowest BCUT2D eigenvalue weighted by Gasteiger charge is -2.60. The van der Waals surface area contributed by atoms with Gasteiger partial charge >= 0.3 is 0 Å². The van der Waals surface area contributed by atoms with E-state index in [0.29, 0.717) is 49.4 Å². The Labute approximate surface area is 317 Å². The Morgan fingerprint density at radius 1 is 0.389 bits per heavy atom. The van der Waals surface area contributed by atoms with E-state index in [4.69, 9.17) is 28.4 Å². The molecule has 0 saturated heterocycles. The molecule has 6 heteroatoms. The maximum Gasteiger partial charge on any atom is 0.166 e. The van der Waals surface area contributed by atoms with Crippen molar-refractivity contribution >= 4 is 0 Å². The van der Waals surface area contributed by atoms with Gasteiger partial charge in [0.05, 0.1) is 65.7 Å². The van der Waals surface area contributed by atoms with Crippen molar-refractivity contribution in [3.63, 3.8) is 0 Å². The van der Waals surface area contributed by atoms with Gasteiger partial charge in [-0.15, -0.1) is 0 Å². The Balaban J connectivity index is 1.25. The Bertz CT molecular complexity index is 2090. The second kappa shape index (κ2) is 13.7. The molecular weight excluding hydrogens is 673 g/mol. The largest absolute Gasteiger partial charge is 0.493 e. The fourth-order valence-electron chi connectivity index (χ4n) is 10.2. The van der Waals surface area contributed by atoms with Gasteiger partial charge in [-0.3, -0.25) is 0 Å². The number of ether oxygens (including phenoxy) is 6. The zero-order valence-corrected chi connectivity index (χ0v) is 31.1. The van der Waals surface area contributed by atoms with Crippen LogP contribution >= 0.6 is 0 Å². The van der Waals surface area contributed by atoms with Crippen molar-refractivity contribution in [2.75, 3.05) is 41.7 Å². The molecule has 0 aliphatic heterocycles. The van der Waals surface area contributed by atoms with Crippen LogP contribution in [-0.2, 0) is 33.5 Å². The molecule has 6 aliphatic carbocycles. The van der Waals surface area contributed by atoms with Gasteiger partial charge in [-0.05, 0) is 56.6 Å². The number of hydrogen-bond donors (Lipinski definition) is 0. The smallest absolute Gasteiger partial charge is 0.166 e. The van der Waals surface area contributed by atoms with Crippen LogP contribution in [0.4, 0.5) is 0 Å². The van der Waals surface area contributed by atoms with Gasteiger partial charge in [-0.25, -0.2) is 0 Å². The zero-order valence-electron chi connectivity index (χ0n) is 31.1. The van der Waals surface area contributed by atoms with Crippen molar-refractivity contribution in [2.24, 2.45) is 0 Å². The Morgan fingerprint density at radius 2 is 0.722 bits per heavy atom. The second-order valence-corrected chi connectivity index (χ2v) is 14.4. The first-order valence-electron chi connectivity index (χ1n) is 18.5. The minimum absolute atomic E-state index is 0.0349. The molecule has 0 spiro atoms. The van der Waals surface area contributed by atoms with Crippen molar-refractivity contribution in [3.8, 4) is 23.0 Å². The third-order valence-corrected chi connectivity index (χ3v) is 12.1. The van der Waals surface area contributed by atoms with Gasteiger partial charge in [-0.1, -0.05) is 121 Å². The van der Waals surface area contributed by atoms with Crippen molar-refractivity contribution < 1.29 is 28.4 Å². The van der Waals surface area contributed by atoms with Crippen molar-refractivity contribution in [3.05, 3.63) is 189 Å². The number of hydrogen-bond acceptors (Lipinski definition) is 6. The highest BCUT2D eigenvalue weighted by Gasteiger charge is 2.62. The molecule has 0 fully saturated rings. The molecule has 6 aromatic rings. The first-order valence-corrected chi connectivity index (χ1v) is 18.5. The van der Waals surface area contributed by atoms with Crippen molar-refractivity contribution in [1.82, 2.24) is 0 Å². The number of benzene rings is 6. The van der Waals surface area contributed by atoms with Crippen LogP contribution in [0.1, 0.15) is 67.5 Å². The minimum Gasteiger partial charge on any atom is -0.493 e. The number of methoxy groups -OCH3 is 4.